The fraction of sp³-hybridized carbons (Fsp3) is 0.200. The number of hydrogen-bond acceptors (Lipinski definition) is 8. The molecular weight excluding hydrogens is 429 g/mol. The number of halogens is 1. The number of nitrogens with one attached hydrogen (secondary N) is 1. The maximum atomic E-state index is 13.7. The number of amides is 1. The topological polar surface area (TPSA) is 90.4 Å². The van der Waals surface area contributed by atoms with E-state index in [1.807, 2.05) is 0 Å². The van der Waals surface area contributed by atoms with Gasteiger partial charge in [0.15, 0.2) is 28.2 Å². The molecule has 0 unspecified atom stereocenters. The highest BCUT2D eigenvalue weighted by Crippen LogP contribution is 2.30. The van der Waals surface area contributed by atoms with Crippen molar-refractivity contribution in [2.45, 2.75) is 17.0 Å². The molecule has 30 heavy (non-hydrogen) atoms. The third-order valence-electron chi connectivity index (χ3n) is 3.89. The van der Waals surface area contributed by atoms with E-state index in [1.165, 1.54) is 43.2 Å². The Labute approximate surface area is 180 Å². The van der Waals surface area contributed by atoms with Gasteiger partial charge in [0, 0.05) is 11.3 Å². The van der Waals surface area contributed by atoms with Gasteiger partial charge in [-0.3, -0.25) is 14.9 Å². The van der Waals surface area contributed by atoms with Crippen LogP contribution in [0.2, 0.25) is 0 Å². The van der Waals surface area contributed by atoms with Crippen LogP contribution >= 0.6 is 23.1 Å². The van der Waals surface area contributed by atoms with Crippen LogP contribution in [0.3, 0.4) is 0 Å². The van der Waals surface area contributed by atoms with Crippen molar-refractivity contribution < 1.29 is 23.5 Å². The van der Waals surface area contributed by atoms with Crippen LogP contribution in [0.4, 0.5) is 9.52 Å². The minimum Gasteiger partial charge on any atom is -0.493 e. The zero-order chi connectivity index (χ0) is 21.5. The van der Waals surface area contributed by atoms with E-state index in [2.05, 4.69) is 15.5 Å². The third kappa shape index (κ3) is 5.77. The Kier molecular flexibility index (Phi) is 7.36. The van der Waals surface area contributed by atoms with Gasteiger partial charge in [0.1, 0.15) is 5.82 Å². The second-order valence-electron chi connectivity index (χ2n) is 6.01. The second kappa shape index (κ2) is 10.2. The predicted molar refractivity (Wildman–Crippen MR) is 113 cm³/mol. The Morgan fingerprint density at radius 2 is 1.97 bits per heavy atom. The van der Waals surface area contributed by atoms with Gasteiger partial charge in [-0.05, 0) is 36.8 Å². The van der Waals surface area contributed by atoms with Gasteiger partial charge < -0.3 is 9.47 Å². The van der Waals surface area contributed by atoms with Gasteiger partial charge in [0.2, 0.25) is 5.13 Å². The van der Waals surface area contributed by atoms with Crippen LogP contribution in [0.5, 0.6) is 11.5 Å². The Morgan fingerprint density at radius 1 is 1.17 bits per heavy atom. The summed E-state index contributed by atoms with van der Waals surface area (Å²) in [4.78, 5) is 23.6. The number of ether oxygens (including phenoxy) is 2. The molecule has 0 atom stereocenters. The van der Waals surface area contributed by atoms with Crippen molar-refractivity contribution >= 4 is 39.9 Å². The Morgan fingerprint density at radius 3 is 2.70 bits per heavy atom. The number of nitrogens with zero attached hydrogens (tertiary/aromatic N) is 2. The maximum Gasteiger partial charge on any atom is 0.264 e. The second-order valence-corrected chi connectivity index (χ2v) is 8.21. The van der Waals surface area contributed by atoms with Crippen molar-refractivity contribution in [3.63, 3.8) is 0 Å². The van der Waals surface area contributed by atoms with Crippen LogP contribution in [0.1, 0.15) is 22.8 Å². The Hall–Kier alpha value is -2.98. The molecule has 0 spiro atoms. The molecule has 7 nitrogen and oxygen atoms in total. The highest BCUT2D eigenvalue weighted by molar-refractivity contribution is 8.00. The summed E-state index contributed by atoms with van der Waals surface area (Å²) in [6, 6.07) is 11.3. The lowest BCUT2D eigenvalue weighted by Crippen LogP contribution is -2.20. The van der Waals surface area contributed by atoms with Crippen LogP contribution < -0.4 is 14.8 Å². The SMILES string of the molecule is COc1cc(C(C)=O)ccc1OCC(=O)Nc1nnc(SCc2ccccc2F)s1. The van der Waals surface area contributed by atoms with E-state index in [9.17, 15) is 14.0 Å². The van der Waals surface area contributed by atoms with E-state index in [4.69, 9.17) is 9.47 Å². The van der Waals surface area contributed by atoms with Gasteiger partial charge in [0.25, 0.3) is 5.91 Å². The van der Waals surface area contributed by atoms with Crippen molar-refractivity contribution in [3.05, 3.63) is 59.4 Å². The molecule has 0 saturated carbocycles. The van der Waals surface area contributed by atoms with Gasteiger partial charge in [-0.1, -0.05) is 41.3 Å². The fourth-order valence-corrected chi connectivity index (χ4v) is 4.13. The van der Waals surface area contributed by atoms with Gasteiger partial charge in [-0.2, -0.15) is 0 Å². The predicted octanol–water partition coefficient (Wildman–Crippen LogP) is 4.20. The van der Waals surface area contributed by atoms with Gasteiger partial charge in [0.05, 0.1) is 7.11 Å². The molecule has 2 aromatic carbocycles. The van der Waals surface area contributed by atoms with E-state index in [-0.39, 0.29) is 18.2 Å². The number of aromatic nitrogens is 2. The lowest BCUT2D eigenvalue weighted by atomic mass is 10.1. The van der Waals surface area contributed by atoms with Crippen molar-refractivity contribution in [2.24, 2.45) is 0 Å². The van der Waals surface area contributed by atoms with Crippen molar-refractivity contribution in [1.29, 1.82) is 0 Å². The van der Waals surface area contributed by atoms with E-state index in [0.29, 0.717) is 37.8 Å². The van der Waals surface area contributed by atoms with Crippen molar-refractivity contribution in [1.82, 2.24) is 10.2 Å². The zero-order valence-corrected chi connectivity index (χ0v) is 17.8. The number of Topliss-reactive ketones (excluding diaryl/α,β-unsaturated/α-hetero) is 1. The van der Waals surface area contributed by atoms with E-state index in [1.54, 1.807) is 36.4 Å². The lowest BCUT2D eigenvalue weighted by Gasteiger charge is -2.11. The number of methoxy groups -OCH3 is 1. The zero-order valence-electron chi connectivity index (χ0n) is 16.2. The molecule has 0 fully saturated rings. The van der Waals surface area contributed by atoms with Crippen molar-refractivity contribution in [2.75, 3.05) is 19.0 Å². The summed E-state index contributed by atoms with van der Waals surface area (Å²) in [5, 5.41) is 10.8. The molecule has 1 aromatic heterocycles. The first-order valence-corrected chi connectivity index (χ1v) is 10.6. The number of anilines is 1. The number of carbonyl (C=O) groups excluding carboxylic acids is 2. The van der Waals surface area contributed by atoms with Gasteiger partial charge in [-0.25, -0.2) is 4.39 Å². The number of rotatable bonds is 9. The maximum absolute atomic E-state index is 13.7. The lowest BCUT2D eigenvalue weighted by molar-refractivity contribution is -0.118. The summed E-state index contributed by atoms with van der Waals surface area (Å²) in [5.41, 5.74) is 1.05. The van der Waals surface area contributed by atoms with Gasteiger partial charge in [-0.15, -0.1) is 10.2 Å². The summed E-state index contributed by atoms with van der Waals surface area (Å²) in [6.45, 7) is 1.18. The third-order valence-corrected chi connectivity index (χ3v) is 5.91. The van der Waals surface area contributed by atoms with E-state index < -0.39 is 5.91 Å². The molecule has 3 rings (SSSR count). The van der Waals surface area contributed by atoms with E-state index in [0.717, 1.165) is 0 Å². The standard InChI is InChI=1S/C20H18FN3O4S2/c1-12(25)13-7-8-16(17(9-13)27-2)28-10-18(26)22-19-23-24-20(30-19)29-11-14-5-3-4-6-15(14)21/h3-9H,10-11H2,1-2H3,(H,22,23,26). The summed E-state index contributed by atoms with van der Waals surface area (Å²) in [5.74, 6) is 0.322. The summed E-state index contributed by atoms with van der Waals surface area (Å²) < 4.78 is 25.0. The number of thioether (sulfide) groups is 1. The number of carbonyl (C=O) groups is 2. The summed E-state index contributed by atoms with van der Waals surface area (Å²) >= 11 is 2.52. The Balaban J connectivity index is 1.52. The largest absolute Gasteiger partial charge is 0.493 e. The molecule has 0 aliphatic rings. The molecule has 0 saturated heterocycles. The highest BCUT2D eigenvalue weighted by Gasteiger charge is 2.13. The minimum absolute atomic E-state index is 0.0995. The monoisotopic (exact) mass is 447 g/mol. The van der Waals surface area contributed by atoms with Crippen LogP contribution in [-0.4, -0.2) is 35.6 Å². The summed E-state index contributed by atoms with van der Waals surface area (Å²) in [6.07, 6.45) is 0. The van der Waals surface area contributed by atoms with Crippen molar-refractivity contribution in [3.8, 4) is 11.5 Å². The number of hydrogen-bond donors (Lipinski definition) is 1. The first-order valence-electron chi connectivity index (χ1n) is 8.77. The smallest absolute Gasteiger partial charge is 0.264 e. The van der Waals surface area contributed by atoms with E-state index >= 15 is 0 Å². The molecule has 0 aliphatic heterocycles. The minimum atomic E-state index is -0.422. The van der Waals surface area contributed by atoms with Crippen LogP contribution in [0, 0.1) is 5.82 Å². The normalized spacial score (nSPS) is 10.5. The highest BCUT2D eigenvalue weighted by atomic mass is 32.2. The molecule has 0 aliphatic carbocycles. The van der Waals surface area contributed by atoms with Gasteiger partial charge >= 0.3 is 0 Å². The first-order chi connectivity index (χ1) is 14.5. The summed E-state index contributed by atoms with van der Waals surface area (Å²) in [7, 11) is 1.45. The molecule has 1 heterocycles. The molecule has 3 aromatic rings. The van der Waals surface area contributed by atoms with Crippen LogP contribution in [0.25, 0.3) is 0 Å². The molecule has 0 radical (unpaired) electrons. The van der Waals surface area contributed by atoms with Crippen LogP contribution in [-0.2, 0) is 10.5 Å². The molecule has 10 heteroatoms. The molecule has 1 amide bonds. The first kappa shape index (κ1) is 21.7. The quantitative estimate of drug-likeness (QED) is 0.299. The molecule has 1 N–H and O–H groups in total. The molecular formula is C20H18FN3O4S2. The molecule has 0 bridgehead atoms. The average Bonchev–Trinajstić information content (AvgIpc) is 3.18. The van der Waals surface area contributed by atoms with Crippen LogP contribution in [0.15, 0.2) is 46.8 Å². The number of benzene rings is 2. The average molecular weight is 448 g/mol. The molecule has 156 valence electrons. The number of ketones is 1. The fourth-order valence-electron chi connectivity index (χ4n) is 2.38. The Bertz CT molecular complexity index is 1060.